The monoisotopic (exact) mass is 413 g/mol. The smallest absolute Gasteiger partial charge is 0.231 e. The summed E-state index contributed by atoms with van der Waals surface area (Å²) in [5.74, 6) is 2.18. The lowest BCUT2D eigenvalue weighted by atomic mass is 9.78. The molecular formula is C22H23NO7. The number of hydrogen-bond donors (Lipinski definition) is 1. The molecule has 0 bridgehead atoms. The number of fused-ring (bicyclic) bond motifs is 2. The normalized spacial score (nSPS) is 29.0. The number of carbonyl (C=O) groups is 1. The molecule has 158 valence electrons. The van der Waals surface area contributed by atoms with E-state index in [-0.39, 0.29) is 24.9 Å². The SMILES string of the molecule is COc1cc([C@H]2OC[C@]3(N)[C@@H](c4ccc5c(c4)OCO5)OC[C@H]23)cc(C=O)c1OC. The molecule has 3 aliphatic heterocycles. The van der Waals surface area contributed by atoms with Gasteiger partial charge in [0, 0.05) is 5.92 Å². The molecule has 2 aromatic rings. The second-order valence-electron chi connectivity index (χ2n) is 7.74. The van der Waals surface area contributed by atoms with Crippen molar-refractivity contribution in [3.05, 3.63) is 47.0 Å². The van der Waals surface area contributed by atoms with Gasteiger partial charge in [0.05, 0.1) is 44.6 Å². The lowest BCUT2D eigenvalue weighted by Gasteiger charge is -2.28. The predicted molar refractivity (Wildman–Crippen MR) is 105 cm³/mol. The lowest BCUT2D eigenvalue weighted by Crippen LogP contribution is -2.48. The number of rotatable bonds is 5. The van der Waals surface area contributed by atoms with Gasteiger partial charge in [-0.3, -0.25) is 4.79 Å². The maximum Gasteiger partial charge on any atom is 0.231 e. The number of benzene rings is 2. The Balaban J connectivity index is 1.47. The number of nitrogens with two attached hydrogens (primary N) is 1. The van der Waals surface area contributed by atoms with Gasteiger partial charge < -0.3 is 34.2 Å². The summed E-state index contributed by atoms with van der Waals surface area (Å²) in [6.07, 6.45) is 0.0796. The summed E-state index contributed by atoms with van der Waals surface area (Å²) in [6, 6.07) is 9.33. The number of aldehydes is 1. The van der Waals surface area contributed by atoms with Crippen molar-refractivity contribution in [3.63, 3.8) is 0 Å². The maximum absolute atomic E-state index is 11.6. The summed E-state index contributed by atoms with van der Waals surface area (Å²) in [5.41, 5.74) is 8.28. The largest absolute Gasteiger partial charge is 0.493 e. The van der Waals surface area contributed by atoms with Gasteiger partial charge in [0.1, 0.15) is 6.10 Å². The van der Waals surface area contributed by atoms with E-state index in [9.17, 15) is 4.79 Å². The zero-order valence-electron chi connectivity index (χ0n) is 16.8. The van der Waals surface area contributed by atoms with Crippen molar-refractivity contribution in [3.8, 4) is 23.0 Å². The lowest BCUT2D eigenvalue weighted by molar-refractivity contribution is 0.0142. The van der Waals surface area contributed by atoms with E-state index in [2.05, 4.69) is 0 Å². The summed E-state index contributed by atoms with van der Waals surface area (Å²) in [7, 11) is 3.04. The van der Waals surface area contributed by atoms with E-state index in [0.717, 1.165) is 17.4 Å². The zero-order valence-corrected chi connectivity index (χ0v) is 16.8. The van der Waals surface area contributed by atoms with E-state index in [0.29, 0.717) is 41.8 Å². The van der Waals surface area contributed by atoms with Crippen LogP contribution >= 0.6 is 0 Å². The minimum Gasteiger partial charge on any atom is -0.493 e. The molecule has 0 spiro atoms. The first kappa shape index (κ1) is 19.2. The van der Waals surface area contributed by atoms with Crippen LogP contribution in [-0.4, -0.2) is 46.1 Å². The highest BCUT2D eigenvalue weighted by atomic mass is 16.7. The summed E-state index contributed by atoms with van der Waals surface area (Å²) < 4.78 is 33.9. The molecule has 0 saturated carbocycles. The van der Waals surface area contributed by atoms with Gasteiger partial charge in [0.25, 0.3) is 0 Å². The molecule has 2 N–H and O–H groups in total. The van der Waals surface area contributed by atoms with Crippen LogP contribution in [0, 0.1) is 5.92 Å². The molecule has 3 heterocycles. The molecule has 2 saturated heterocycles. The van der Waals surface area contributed by atoms with Crippen LogP contribution in [0.3, 0.4) is 0 Å². The molecule has 2 aromatic carbocycles. The van der Waals surface area contributed by atoms with Crippen molar-refractivity contribution in [2.45, 2.75) is 17.7 Å². The van der Waals surface area contributed by atoms with Crippen LogP contribution in [0.2, 0.25) is 0 Å². The van der Waals surface area contributed by atoms with E-state index >= 15 is 0 Å². The molecule has 0 aromatic heterocycles. The van der Waals surface area contributed by atoms with Crippen molar-refractivity contribution in [2.24, 2.45) is 11.7 Å². The van der Waals surface area contributed by atoms with E-state index in [4.69, 9.17) is 34.2 Å². The van der Waals surface area contributed by atoms with Crippen LogP contribution in [0.25, 0.3) is 0 Å². The highest BCUT2D eigenvalue weighted by Gasteiger charge is 2.58. The van der Waals surface area contributed by atoms with Crippen molar-refractivity contribution >= 4 is 6.29 Å². The molecule has 2 fully saturated rings. The quantitative estimate of drug-likeness (QED) is 0.747. The number of methoxy groups -OCH3 is 2. The molecule has 0 radical (unpaired) electrons. The summed E-state index contributed by atoms with van der Waals surface area (Å²) in [4.78, 5) is 11.6. The van der Waals surface area contributed by atoms with E-state index in [1.54, 1.807) is 6.07 Å². The van der Waals surface area contributed by atoms with Crippen LogP contribution in [-0.2, 0) is 9.47 Å². The Bertz CT molecular complexity index is 994. The summed E-state index contributed by atoms with van der Waals surface area (Å²) in [5, 5.41) is 0. The Kier molecular flexibility index (Phi) is 4.57. The molecule has 4 atom stereocenters. The van der Waals surface area contributed by atoms with Gasteiger partial charge in [-0.2, -0.15) is 0 Å². The first-order valence-corrected chi connectivity index (χ1v) is 9.71. The average Bonchev–Trinajstić information content (AvgIpc) is 3.45. The van der Waals surface area contributed by atoms with E-state index in [1.807, 2.05) is 24.3 Å². The molecule has 8 nitrogen and oxygen atoms in total. The van der Waals surface area contributed by atoms with Gasteiger partial charge >= 0.3 is 0 Å². The highest BCUT2D eigenvalue weighted by Crippen LogP contribution is 2.53. The maximum atomic E-state index is 11.6. The van der Waals surface area contributed by atoms with Crippen LogP contribution < -0.4 is 24.7 Å². The van der Waals surface area contributed by atoms with Gasteiger partial charge in [0.15, 0.2) is 29.3 Å². The second kappa shape index (κ2) is 7.16. The topological polar surface area (TPSA) is 98.5 Å². The van der Waals surface area contributed by atoms with Crippen molar-refractivity contribution in [1.82, 2.24) is 0 Å². The van der Waals surface area contributed by atoms with Gasteiger partial charge in [-0.15, -0.1) is 0 Å². The minimum atomic E-state index is -0.715. The Morgan fingerprint density at radius 3 is 2.67 bits per heavy atom. The first-order chi connectivity index (χ1) is 14.6. The van der Waals surface area contributed by atoms with Gasteiger partial charge in [-0.05, 0) is 35.4 Å². The first-order valence-electron chi connectivity index (χ1n) is 9.71. The average molecular weight is 413 g/mol. The van der Waals surface area contributed by atoms with Crippen molar-refractivity contribution in [1.29, 1.82) is 0 Å². The summed E-state index contributed by atoms with van der Waals surface area (Å²) in [6.45, 7) is 0.974. The Morgan fingerprint density at radius 1 is 1.07 bits per heavy atom. The highest BCUT2D eigenvalue weighted by molar-refractivity contribution is 5.82. The zero-order chi connectivity index (χ0) is 20.9. The third-order valence-electron chi connectivity index (χ3n) is 6.18. The van der Waals surface area contributed by atoms with Crippen molar-refractivity contribution < 1.29 is 33.2 Å². The molecule has 8 heteroatoms. The Hall–Kier alpha value is -2.81. The minimum absolute atomic E-state index is 0.0921. The Labute approximate surface area is 173 Å². The predicted octanol–water partition coefficient (Wildman–Crippen LogP) is 2.40. The van der Waals surface area contributed by atoms with E-state index in [1.165, 1.54) is 14.2 Å². The number of ether oxygens (including phenoxy) is 6. The van der Waals surface area contributed by atoms with Crippen LogP contribution in [0.4, 0.5) is 0 Å². The molecule has 30 heavy (non-hydrogen) atoms. The second-order valence-corrected chi connectivity index (χ2v) is 7.74. The fourth-order valence-electron chi connectivity index (χ4n) is 4.69. The van der Waals surface area contributed by atoms with Gasteiger partial charge in [-0.1, -0.05) is 6.07 Å². The van der Waals surface area contributed by atoms with Crippen LogP contribution in [0.15, 0.2) is 30.3 Å². The number of hydrogen-bond acceptors (Lipinski definition) is 8. The molecule has 3 aliphatic rings. The molecule has 0 aliphatic carbocycles. The Morgan fingerprint density at radius 2 is 1.90 bits per heavy atom. The third-order valence-corrected chi connectivity index (χ3v) is 6.18. The summed E-state index contributed by atoms with van der Waals surface area (Å²) >= 11 is 0. The van der Waals surface area contributed by atoms with Crippen LogP contribution in [0.5, 0.6) is 23.0 Å². The standard InChI is InChI=1S/C22H23NO7/c1-25-18-7-13(5-14(8-24)20(18)26-2)19-15-9-27-21(22(15,23)10-28-19)12-3-4-16-17(6-12)30-11-29-16/h3-8,15,19,21H,9-11,23H2,1-2H3/t15-,19-,21-,22-/m1/s1. The van der Waals surface area contributed by atoms with Crippen molar-refractivity contribution in [2.75, 3.05) is 34.2 Å². The molecule has 0 unspecified atom stereocenters. The number of carbonyl (C=O) groups excluding carboxylic acids is 1. The molecule has 5 rings (SSSR count). The van der Waals surface area contributed by atoms with E-state index < -0.39 is 5.54 Å². The van der Waals surface area contributed by atoms with Crippen LogP contribution in [0.1, 0.15) is 33.7 Å². The fourth-order valence-corrected chi connectivity index (χ4v) is 4.69. The third kappa shape index (κ3) is 2.75. The molecule has 0 amide bonds. The fraction of sp³-hybridized carbons (Fsp3) is 0.409. The molecular weight excluding hydrogens is 390 g/mol. The van der Waals surface area contributed by atoms with Gasteiger partial charge in [0.2, 0.25) is 6.79 Å². The van der Waals surface area contributed by atoms with Gasteiger partial charge in [-0.25, -0.2) is 0 Å².